The number of phenols is 1. The lowest BCUT2D eigenvalue weighted by Crippen LogP contribution is -2.57. The summed E-state index contributed by atoms with van der Waals surface area (Å²) in [5.41, 5.74) is 3.58. The summed E-state index contributed by atoms with van der Waals surface area (Å²) >= 11 is 0. The summed E-state index contributed by atoms with van der Waals surface area (Å²) < 4.78 is 5.93. The number of phenolic OH excluding ortho intramolecular Hbond substituents is 1. The smallest absolute Gasteiger partial charge is 0.306 e. The molecule has 4 saturated carbocycles. The Morgan fingerprint density at radius 1 is 1.09 bits per heavy atom. The van der Waals surface area contributed by atoms with Crippen LogP contribution in [0.15, 0.2) is 36.4 Å². The van der Waals surface area contributed by atoms with Gasteiger partial charge >= 0.3 is 5.97 Å². The molecule has 0 amide bonds. The van der Waals surface area contributed by atoms with E-state index in [1.165, 1.54) is 63.4 Å². The van der Waals surface area contributed by atoms with Crippen molar-refractivity contribution in [3.8, 4) is 5.75 Å². The van der Waals surface area contributed by atoms with Gasteiger partial charge in [-0.1, -0.05) is 44.6 Å². The lowest BCUT2D eigenvalue weighted by Gasteiger charge is -2.64. The fraction of sp³-hybridized carbons (Fsp3) is 0.690. The molecule has 5 rings (SSSR count). The SMILES string of the molecule is C=C1C[C@@]23CC[C@@H]4[C@](C)(COC(=O)CCc5ccc(O)cc5)CCC[C@@]4(C)[C@@H]2CC[C@@H]1C3. The highest BCUT2D eigenvalue weighted by atomic mass is 16.5. The van der Waals surface area contributed by atoms with E-state index >= 15 is 0 Å². The third-order valence-corrected chi connectivity index (χ3v) is 10.3. The molecule has 0 unspecified atom stereocenters. The fourth-order valence-corrected chi connectivity index (χ4v) is 8.89. The van der Waals surface area contributed by atoms with Crippen molar-refractivity contribution in [2.24, 2.45) is 34.0 Å². The fourth-order valence-electron chi connectivity index (χ4n) is 8.89. The topological polar surface area (TPSA) is 46.5 Å². The molecule has 1 N–H and O–H groups in total. The average molecular weight is 437 g/mol. The number of rotatable bonds is 5. The van der Waals surface area contributed by atoms with Gasteiger partial charge in [-0.25, -0.2) is 0 Å². The third-order valence-electron chi connectivity index (χ3n) is 10.3. The van der Waals surface area contributed by atoms with Gasteiger partial charge in [0.25, 0.3) is 0 Å². The van der Waals surface area contributed by atoms with Crippen LogP contribution in [0.3, 0.4) is 0 Å². The number of carbonyl (C=O) groups excluding carboxylic acids is 1. The van der Waals surface area contributed by atoms with Crippen molar-refractivity contribution in [3.05, 3.63) is 42.0 Å². The molecule has 0 radical (unpaired) electrons. The number of ether oxygens (including phenoxy) is 1. The van der Waals surface area contributed by atoms with Crippen molar-refractivity contribution < 1.29 is 14.6 Å². The molecule has 0 saturated heterocycles. The lowest BCUT2D eigenvalue weighted by molar-refractivity contribution is -0.173. The van der Waals surface area contributed by atoms with E-state index in [0.717, 1.165) is 17.4 Å². The lowest BCUT2D eigenvalue weighted by atomic mass is 9.41. The molecule has 0 aliphatic heterocycles. The molecular weight excluding hydrogens is 396 g/mol. The summed E-state index contributed by atoms with van der Waals surface area (Å²) in [6.45, 7) is 10.0. The van der Waals surface area contributed by atoms with Gasteiger partial charge in [0.05, 0.1) is 6.61 Å². The van der Waals surface area contributed by atoms with E-state index in [9.17, 15) is 9.90 Å². The largest absolute Gasteiger partial charge is 0.508 e. The Labute approximate surface area is 193 Å². The van der Waals surface area contributed by atoms with Crippen molar-refractivity contribution in [3.63, 3.8) is 0 Å². The second-order valence-corrected chi connectivity index (χ2v) is 12.2. The van der Waals surface area contributed by atoms with Crippen LogP contribution < -0.4 is 0 Å². The van der Waals surface area contributed by atoms with Crippen LogP contribution in [0.2, 0.25) is 0 Å². The van der Waals surface area contributed by atoms with Gasteiger partial charge in [0.15, 0.2) is 0 Å². The van der Waals surface area contributed by atoms with Crippen LogP contribution in [-0.2, 0) is 16.0 Å². The van der Waals surface area contributed by atoms with E-state index in [0.29, 0.717) is 36.2 Å². The molecule has 6 atom stereocenters. The highest BCUT2D eigenvalue weighted by molar-refractivity contribution is 5.69. The maximum Gasteiger partial charge on any atom is 0.306 e. The van der Waals surface area contributed by atoms with Crippen LogP contribution in [0.4, 0.5) is 0 Å². The summed E-state index contributed by atoms with van der Waals surface area (Å²) in [6, 6.07) is 7.10. The normalized spacial score (nSPS) is 40.4. The number of hydrogen-bond acceptors (Lipinski definition) is 3. The van der Waals surface area contributed by atoms with Crippen molar-refractivity contribution in [2.45, 2.75) is 84.5 Å². The van der Waals surface area contributed by atoms with E-state index in [1.807, 2.05) is 12.1 Å². The number of esters is 1. The van der Waals surface area contributed by atoms with Crippen LogP contribution in [0.25, 0.3) is 0 Å². The zero-order valence-electron chi connectivity index (χ0n) is 20.0. The number of fused-ring (bicyclic) bond motifs is 3. The van der Waals surface area contributed by atoms with E-state index in [-0.39, 0.29) is 17.1 Å². The quantitative estimate of drug-likeness (QED) is 0.406. The molecule has 4 fully saturated rings. The van der Waals surface area contributed by atoms with Gasteiger partial charge in [0.1, 0.15) is 5.75 Å². The highest BCUT2D eigenvalue weighted by Gasteiger charge is 2.63. The summed E-state index contributed by atoms with van der Waals surface area (Å²) in [7, 11) is 0. The van der Waals surface area contributed by atoms with Gasteiger partial charge in [0, 0.05) is 11.8 Å². The van der Waals surface area contributed by atoms with Crippen LogP contribution >= 0.6 is 0 Å². The third kappa shape index (κ3) is 3.60. The Bertz CT molecular complexity index is 888. The van der Waals surface area contributed by atoms with Gasteiger partial charge in [0.2, 0.25) is 0 Å². The Balaban J connectivity index is 1.24. The molecule has 1 aromatic rings. The molecule has 2 bridgehead atoms. The second-order valence-electron chi connectivity index (χ2n) is 12.2. The second kappa shape index (κ2) is 7.92. The minimum absolute atomic E-state index is 0.0912. The minimum atomic E-state index is -0.0912. The van der Waals surface area contributed by atoms with Crippen molar-refractivity contribution in [1.82, 2.24) is 0 Å². The summed E-state index contributed by atoms with van der Waals surface area (Å²) in [5.74, 6) is 2.42. The van der Waals surface area contributed by atoms with Crippen molar-refractivity contribution in [1.29, 1.82) is 0 Å². The van der Waals surface area contributed by atoms with E-state index in [2.05, 4.69) is 20.4 Å². The summed E-state index contributed by atoms with van der Waals surface area (Å²) in [6.07, 6.45) is 12.8. The van der Waals surface area contributed by atoms with Crippen molar-refractivity contribution >= 4 is 5.97 Å². The first kappa shape index (κ1) is 22.0. The number of allylic oxidation sites excluding steroid dienone is 1. The highest BCUT2D eigenvalue weighted by Crippen LogP contribution is 2.72. The van der Waals surface area contributed by atoms with Gasteiger partial charge in [-0.2, -0.15) is 0 Å². The molecule has 32 heavy (non-hydrogen) atoms. The molecule has 1 aromatic carbocycles. The van der Waals surface area contributed by atoms with Gasteiger partial charge in [-0.3, -0.25) is 4.79 Å². The number of carbonyl (C=O) groups is 1. The first-order valence-corrected chi connectivity index (χ1v) is 12.9. The van der Waals surface area contributed by atoms with Gasteiger partial charge in [-0.05, 0) is 104 Å². The molecule has 0 aromatic heterocycles. The number of aryl methyl sites for hydroxylation is 1. The molecule has 1 spiro atoms. The zero-order valence-corrected chi connectivity index (χ0v) is 20.0. The minimum Gasteiger partial charge on any atom is -0.508 e. The molecule has 4 aliphatic rings. The Morgan fingerprint density at radius 2 is 1.88 bits per heavy atom. The van der Waals surface area contributed by atoms with Gasteiger partial charge in [-0.15, -0.1) is 0 Å². The maximum atomic E-state index is 12.6. The monoisotopic (exact) mass is 436 g/mol. The number of hydrogen-bond donors (Lipinski definition) is 1. The van der Waals surface area contributed by atoms with E-state index in [1.54, 1.807) is 12.1 Å². The van der Waals surface area contributed by atoms with Gasteiger partial charge < -0.3 is 9.84 Å². The standard InChI is InChI=1S/C29H40O3/c1-20-17-29-16-13-24-27(2,14-4-15-28(24,3)25(29)11-8-22(20)18-29)19-32-26(31)12-7-21-5-9-23(30)10-6-21/h5-6,9-10,22,24-25,30H,1,4,7-8,11-19H2,2-3H3/t22-,24-,25+,27+,28-,29-/m1/s1. The molecular formula is C29H40O3. The molecule has 4 aliphatic carbocycles. The molecule has 3 heteroatoms. The Hall–Kier alpha value is -1.77. The zero-order chi connectivity index (χ0) is 22.6. The van der Waals surface area contributed by atoms with E-state index in [4.69, 9.17) is 4.74 Å². The predicted octanol–water partition coefficient (Wildman–Crippen LogP) is 6.84. The number of benzene rings is 1. The maximum absolute atomic E-state index is 12.6. The molecule has 174 valence electrons. The van der Waals surface area contributed by atoms with E-state index < -0.39 is 0 Å². The predicted molar refractivity (Wildman–Crippen MR) is 127 cm³/mol. The van der Waals surface area contributed by atoms with Crippen molar-refractivity contribution in [2.75, 3.05) is 6.61 Å². The first-order chi connectivity index (χ1) is 15.2. The van der Waals surface area contributed by atoms with Crippen LogP contribution in [0, 0.1) is 34.0 Å². The number of aromatic hydroxyl groups is 1. The summed E-state index contributed by atoms with van der Waals surface area (Å²) in [4.78, 5) is 12.6. The Kier molecular flexibility index (Phi) is 5.46. The molecule has 0 heterocycles. The summed E-state index contributed by atoms with van der Waals surface area (Å²) in [5, 5.41) is 9.43. The molecule has 3 nitrogen and oxygen atoms in total. The average Bonchev–Trinajstić information content (AvgIpc) is 2.99. The van der Waals surface area contributed by atoms with Crippen LogP contribution in [0.1, 0.15) is 83.6 Å². The van der Waals surface area contributed by atoms with Crippen LogP contribution in [-0.4, -0.2) is 17.7 Å². The van der Waals surface area contributed by atoms with Crippen LogP contribution in [0.5, 0.6) is 5.75 Å². The Morgan fingerprint density at radius 3 is 2.66 bits per heavy atom. The first-order valence-electron chi connectivity index (χ1n) is 12.9.